The molecule has 4 heteroatoms. The van der Waals surface area contributed by atoms with Crippen LogP contribution in [0.4, 0.5) is 10.5 Å². The van der Waals surface area contributed by atoms with Gasteiger partial charge in [0, 0.05) is 24.8 Å². The molecule has 2 N–H and O–H groups in total. The van der Waals surface area contributed by atoms with Crippen molar-refractivity contribution in [3.63, 3.8) is 0 Å². The zero-order valence-corrected chi connectivity index (χ0v) is 13.4. The largest absolute Gasteiger partial charge is 0.324 e. The second-order valence-electron chi connectivity index (χ2n) is 5.96. The summed E-state index contributed by atoms with van der Waals surface area (Å²) in [4.78, 5) is 14.3. The minimum atomic E-state index is 0.0304. The van der Waals surface area contributed by atoms with Crippen LogP contribution in [-0.2, 0) is 0 Å². The Labute approximate surface area is 127 Å². The average Bonchev–Trinajstić information content (AvgIpc) is 2.96. The van der Waals surface area contributed by atoms with Gasteiger partial charge in [0.2, 0.25) is 0 Å². The van der Waals surface area contributed by atoms with Crippen molar-refractivity contribution in [2.45, 2.75) is 39.2 Å². The van der Waals surface area contributed by atoms with Crippen LogP contribution in [0.1, 0.15) is 44.7 Å². The third-order valence-corrected chi connectivity index (χ3v) is 4.34. The van der Waals surface area contributed by atoms with Gasteiger partial charge >= 0.3 is 6.03 Å². The van der Waals surface area contributed by atoms with Crippen LogP contribution in [0.3, 0.4) is 0 Å². The third-order valence-electron chi connectivity index (χ3n) is 4.34. The smallest absolute Gasteiger partial charge is 0.321 e. The van der Waals surface area contributed by atoms with Crippen LogP contribution in [0.15, 0.2) is 24.3 Å². The Morgan fingerprint density at radius 3 is 3.00 bits per heavy atom. The predicted octanol–water partition coefficient (Wildman–Crippen LogP) is 3.62. The Hall–Kier alpha value is -1.55. The lowest BCUT2D eigenvalue weighted by molar-refractivity contribution is 0.220. The Bertz CT molecular complexity index is 475. The van der Waals surface area contributed by atoms with Crippen LogP contribution >= 0.6 is 0 Å². The molecule has 2 atom stereocenters. The van der Waals surface area contributed by atoms with E-state index in [4.69, 9.17) is 0 Å². The van der Waals surface area contributed by atoms with E-state index < -0.39 is 0 Å². The van der Waals surface area contributed by atoms with Crippen LogP contribution < -0.4 is 10.6 Å². The van der Waals surface area contributed by atoms with Crippen LogP contribution in [0.25, 0.3) is 0 Å². The standard InChI is InChI=1S/C17H27N3O/c1-4-6-14-9-10-20(12-14)17(21)19-16-8-5-7-15(11-16)13(2)18-3/h5,7-8,11,13-14,18H,4,6,9-10,12H2,1-3H3,(H,19,21). The first-order valence-electron chi connectivity index (χ1n) is 7.97. The van der Waals surface area contributed by atoms with Gasteiger partial charge < -0.3 is 15.5 Å². The summed E-state index contributed by atoms with van der Waals surface area (Å²) in [5.74, 6) is 0.677. The van der Waals surface area contributed by atoms with Gasteiger partial charge in [0.15, 0.2) is 0 Å². The Kier molecular flexibility index (Phi) is 5.62. The number of carbonyl (C=O) groups excluding carboxylic acids is 1. The number of urea groups is 1. The number of nitrogens with zero attached hydrogens (tertiary/aromatic N) is 1. The summed E-state index contributed by atoms with van der Waals surface area (Å²) in [6, 6.07) is 8.36. The molecule has 0 aliphatic carbocycles. The maximum atomic E-state index is 12.3. The topological polar surface area (TPSA) is 44.4 Å². The van der Waals surface area contributed by atoms with Gasteiger partial charge in [0.1, 0.15) is 0 Å². The highest BCUT2D eigenvalue weighted by Crippen LogP contribution is 2.22. The molecule has 2 rings (SSSR count). The van der Waals surface area contributed by atoms with Crippen molar-refractivity contribution >= 4 is 11.7 Å². The molecule has 4 nitrogen and oxygen atoms in total. The molecule has 0 bridgehead atoms. The van der Waals surface area contributed by atoms with Gasteiger partial charge in [-0.05, 0) is 50.4 Å². The Morgan fingerprint density at radius 1 is 1.48 bits per heavy atom. The van der Waals surface area contributed by atoms with E-state index in [0.717, 1.165) is 25.2 Å². The number of likely N-dealkylation sites (tertiary alicyclic amines) is 1. The molecule has 116 valence electrons. The van der Waals surface area contributed by atoms with Gasteiger partial charge in [-0.3, -0.25) is 0 Å². The summed E-state index contributed by atoms with van der Waals surface area (Å²) in [5.41, 5.74) is 2.05. The molecule has 1 aliphatic rings. The number of nitrogens with one attached hydrogen (secondary N) is 2. The molecule has 2 unspecified atom stereocenters. The lowest BCUT2D eigenvalue weighted by atomic mass is 10.0. The molecular weight excluding hydrogens is 262 g/mol. The molecule has 1 saturated heterocycles. The van der Waals surface area contributed by atoms with Gasteiger partial charge in [0.25, 0.3) is 0 Å². The van der Waals surface area contributed by atoms with Crippen LogP contribution in [-0.4, -0.2) is 31.1 Å². The predicted molar refractivity (Wildman–Crippen MR) is 87.5 cm³/mol. The van der Waals surface area contributed by atoms with E-state index in [2.05, 4.69) is 30.5 Å². The quantitative estimate of drug-likeness (QED) is 0.869. The zero-order chi connectivity index (χ0) is 15.2. The Morgan fingerprint density at radius 2 is 2.29 bits per heavy atom. The van der Waals surface area contributed by atoms with E-state index in [1.54, 1.807) is 0 Å². The fraction of sp³-hybridized carbons (Fsp3) is 0.588. The van der Waals surface area contributed by atoms with Gasteiger partial charge in [0.05, 0.1) is 0 Å². The molecule has 1 heterocycles. The first-order valence-corrected chi connectivity index (χ1v) is 7.97. The summed E-state index contributed by atoms with van der Waals surface area (Å²) < 4.78 is 0. The molecule has 0 aromatic heterocycles. The van der Waals surface area contributed by atoms with Gasteiger partial charge in [-0.25, -0.2) is 4.79 Å². The fourth-order valence-electron chi connectivity index (χ4n) is 2.92. The molecule has 1 aromatic rings. The molecule has 2 amide bonds. The van der Waals surface area contributed by atoms with Crippen molar-refractivity contribution < 1.29 is 4.79 Å². The van der Waals surface area contributed by atoms with E-state index in [-0.39, 0.29) is 12.1 Å². The summed E-state index contributed by atoms with van der Waals surface area (Å²) in [6.07, 6.45) is 3.56. The number of hydrogen-bond donors (Lipinski definition) is 2. The van der Waals surface area contributed by atoms with Gasteiger partial charge in [-0.15, -0.1) is 0 Å². The number of benzene rings is 1. The molecule has 0 radical (unpaired) electrons. The van der Waals surface area contributed by atoms with Crippen molar-refractivity contribution in [1.29, 1.82) is 0 Å². The normalized spacial score (nSPS) is 19.6. The van der Waals surface area contributed by atoms with Crippen molar-refractivity contribution in [3.05, 3.63) is 29.8 Å². The summed E-state index contributed by atoms with van der Waals surface area (Å²) in [6.45, 7) is 6.09. The highest BCUT2D eigenvalue weighted by Gasteiger charge is 2.25. The van der Waals surface area contributed by atoms with Crippen molar-refractivity contribution in [2.75, 3.05) is 25.5 Å². The van der Waals surface area contributed by atoms with Gasteiger partial charge in [-0.2, -0.15) is 0 Å². The van der Waals surface area contributed by atoms with Crippen LogP contribution in [0.2, 0.25) is 0 Å². The number of rotatable bonds is 5. The van der Waals surface area contributed by atoms with E-state index in [9.17, 15) is 4.79 Å². The number of amides is 2. The van der Waals surface area contributed by atoms with Gasteiger partial charge in [-0.1, -0.05) is 25.5 Å². The van der Waals surface area contributed by atoms with Crippen molar-refractivity contribution in [3.8, 4) is 0 Å². The molecule has 1 aliphatic heterocycles. The Balaban J connectivity index is 1.94. The van der Waals surface area contributed by atoms with E-state index in [0.29, 0.717) is 5.92 Å². The van der Waals surface area contributed by atoms with Crippen molar-refractivity contribution in [2.24, 2.45) is 5.92 Å². The second kappa shape index (κ2) is 7.46. The van der Waals surface area contributed by atoms with E-state index in [1.807, 2.05) is 30.1 Å². The second-order valence-corrected chi connectivity index (χ2v) is 5.96. The maximum absolute atomic E-state index is 12.3. The molecule has 0 saturated carbocycles. The van der Waals surface area contributed by atoms with Crippen LogP contribution in [0, 0.1) is 5.92 Å². The number of anilines is 1. The molecular formula is C17H27N3O. The minimum Gasteiger partial charge on any atom is -0.324 e. The molecule has 0 spiro atoms. The third kappa shape index (κ3) is 4.21. The first kappa shape index (κ1) is 15.8. The molecule has 1 fully saturated rings. The number of hydrogen-bond acceptors (Lipinski definition) is 2. The molecule has 1 aromatic carbocycles. The fourth-order valence-corrected chi connectivity index (χ4v) is 2.92. The van der Waals surface area contributed by atoms with Crippen molar-refractivity contribution in [1.82, 2.24) is 10.2 Å². The lowest BCUT2D eigenvalue weighted by Crippen LogP contribution is -2.33. The zero-order valence-electron chi connectivity index (χ0n) is 13.4. The van der Waals surface area contributed by atoms with Crippen LogP contribution in [0.5, 0.6) is 0 Å². The van der Waals surface area contributed by atoms with E-state index >= 15 is 0 Å². The summed E-state index contributed by atoms with van der Waals surface area (Å²) in [5, 5.41) is 6.24. The highest BCUT2D eigenvalue weighted by atomic mass is 16.2. The SMILES string of the molecule is CCCC1CCN(C(=O)Nc2cccc(C(C)NC)c2)C1. The number of carbonyl (C=O) groups is 1. The monoisotopic (exact) mass is 289 g/mol. The highest BCUT2D eigenvalue weighted by molar-refractivity contribution is 5.89. The average molecular weight is 289 g/mol. The summed E-state index contributed by atoms with van der Waals surface area (Å²) in [7, 11) is 1.94. The molecule has 21 heavy (non-hydrogen) atoms. The maximum Gasteiger partial charge on any atom is 0.321 e. The summed E-state index contributed by atoms with van der Waals surface area (Å²) >= 11 is 0. The minimum absolute atomic E-state index is 0.0304. The van der Waals surface area contributed by atoms with E-state index in [1.165, 1.54) is 18.4 Å². The lowest BCUT2D eigenvalue weighted by Gasteiger charge is -2.18. The first-order chi connectivity index (χ1) is 10.1.